The summed E-state index contributed by atoms with van der Waals surface area (Å²) in [5.74, 6) is -0.192. The molecule has 144 valence electrons. The lowest BCUT2D eigenvalue weighted by Gasteiger charge is -2.26. The number of hydrogen-bond donors (Lipinski definition) is 1. The number of hydrogen-bond acceptors (Lipinski definition) is 5. The maximum Gasteiger partial charge on any atom is 0.257 e. The maximum atomic E-state index is 12.6. The first-order chi connectivity index (χ1) is 13.7. The Kier molecular flexibility index (Phi) is 6.02. The number of thiazole rings is 1. The Morgan fingerprint density at radius 2 is 1.82 bits per heavy atom. The van der Waals surface area contributed by atoms with E-state index in [1.165, 1.54) is 11.3 Å². The van der Waals surface area contributed by atoms with Crippen molar-refractivity contribution in [1.82, 2.24) is 9.88 Å². The number of amides is 1. The van der Waals surface area contributed by atoms with Gasteiger partial charge in [-0.1, -0.05) is 53.3 Å². The number of carbonyl (C=O) groups is 1. The van der Waals surface area contributed by atoms with Gasteiger partial charge in [0.25, 0.3) is 5.91 Å². The minimum absolute atomic E-state index is 0.192. The Bertz CT molecular complexity index is 938. The molecule has 0 atom stereocenters. The van der Waals surface area contributed by atoms with E-state index in [9.17, 15) is 4.79 Å². The van der Waals surface area contributed by atoms with Crippen molar-refractivity contribution >= 4 is 34.0 Å². The number of nitrogens with zero attached hydrogens (tertiary/aromatic N) is 2. The van der Waals surface area contributed by atoms with Crippen molar-refractivity contribution in [2.75, 3.05) is 31.6 Å². The van der Waals surface area contributed by atoms with Crippen LogP contribution in [-0.4, -0.2) is 42.1 Å². The van der Waals surface area contributed by atoms with Gasteiger partial charge in [0, 0.05) is 40.7 Å². The average molecular weight is 414 g/mol. The van der Waals surface area contributed by atoms with Crippen molar-refractivity contribution in [2.24, 2.45) is 0 Å². The van der Waals surface area contributed by atoms with Crippen LogP contribution in [0.3, 0.4) is 0 Å². The molecule has 0 saturated carbocycles. The predicted octanol–water partition coefficient (Wildman–Crippen LogP) is 4.55. The van der Waals surface area contributed by atoms with Gasteiger partial charge in [-0.15, -0.1) is 0 Å². The second-order valence-electron chi connectivity index (χ2n) is 6.51. The molecule has 1 fully saturated rings. The largest absolute Gasteiger partial charge is 0.379 e. The summed E-state index contributed by atoms with van der Waals surface area (Å²) >= 11 is 7.43. The molecular weight excluding hydrogens is 394 g/mol. The van der Waals surface area contributed by atoms with Gasteiger partial charge in [-0.25, -0.2) is 4.98 Å². The zero-order valence-corrected chi connectivity index (χ0v) is 16.8. The molecule has 2 aromatic carbocycles. The van der Waals surface area contributed by atoms with Crippen LogP contribution in [0.4, 0.5) is 5.13 Å². The van der Waals surface area contributed by atoms with E-state index < -0.39 is 0 Å². The molecule has 1 amide bonds. The van der Waals surface area contributed by atoms with Crippen LogP contribution in [0, 0.1) is 0 Å². The first-order valence-electron chi connectivity index (χ1n) is 9.11. The van der Waals surface area contributed by atoms with Crippen molar-refractivity contribution in [3.63, 3.8) is 0 Å². The number of benzene rings is 2. The Balaban J connectivity index is 1.58. The fourth-order valence-corrected chi connectivity index (χ4v) is 4.21. The lowest BCUT2D eigenvalue weighted by molar-refractivity contribution is 0.0347. The van der Waals surface area contributed by atoms with E-state index in [4.69, 9.17) is 21.3 Å². The first-order valence-corrected chi connectivity index (χ1v) is 10.3. The molecule has 0 aliphatic carbocycles. The van der Waals surface area contributed by atoms with Gasteiger partial charge in [-0.2, -0.15) is 0 Å². The SMILES string of the molecule is O=C(Nc1nc(-c2ccccc2)c(CN2CCOCC2)s1)c1ccc(Cl)cc1. The van der Waals surface area contributed by atoms with E-state index in [-0.39, 0.29) is 5.91 Å². The number of morpholine rings is 1. The van der Waals surface area contributed by atoms with Crippen LogP contribution >= 0.6 is 22.9 Å². The summed E-state index contributed by atoms with van der Waals surface area (Å²) in [6, 6.07) is 16.9. The minimum atomic E-state index is -0.192. The van der Waals surface area contributed by atoms with E-state index in [1.807, 2.05) is 30.3 Å². The van der Waals surface area contributed by atoms with Crippen molar-refractivity contribution in [3.8, 4) is 11.3 Å². The first kappa shape index (κ1) is 19.1. The number of nitrogens with one attached hydrogen (secondary N) is 1. The molecule has 28 heavy (non-hydrogen) atoms. The molecule has 0 spiro atoms. The third kappa shape index (κ3) is 4.59. The van der Waals surface area contributed by atoms with Gasteiger partial charge >= 0.3 is 0 Å². The fourth-order valence-electron chi connectivity index (χ4n) is 3.07. The molecule has 7 heteroatoms. The molecule has 3 aromatic rings. The second-order valence-corrected chi connectivity index (χ2v) is 8.03. The number of ether oxygens (including phenoxy) is 1. The van der Waals surface area contributed by atoms with Crippen LogP contribution in [0.5, 0.6) is 0 Å². The lowest BCUT2D eigenvalue weighted by Crippen LogP contribution is -2.35. The van der Waals surface area contributed by atoms with Crippen LogP contribution in [0.25, 0.3) is 11.3 Å². The van der Waals surface area contributed by atoms with E-state index >= 15 is 0 Å². The predicted molar refractivity (Wildman–Crippen MR) is 113 cm³/mol. The van der Waals surface area contributed by atoms with Crippen molar-refractivity contribution in [2.45, 2.75) is 6.54 Å². The van der Waals surface area contributed by atoms with Crippen molar-refractivity contribution in [1.29, 1.82) is 0 Å². The molecule has 1 aromatic heterocycles. The minimum Gasteiger partial charge on any atom is -0.379 e. The van der Waals surface area contributed by atoms with Gasteiger partial charge in [-0.05, 0) is 24.3 Å². The summed E-state index contributed by atoms with van der Waals surface area (Å²) in [5, 5.41) is 4.13. The summed E-state index contributed by atoms with van der Waals surface area (Å²) < 4.78 is 5.45. The summed E-state index contributed by atoms with van der Waals surface area (Å²) in [4.78, 5) is 20.8. The highest BCUT2D eigenvalue weighted by Crippen LogP contribution is 2.32. The van der Waals surface area contributed by atoms with Crippen LogP contribution < -0.4 is 5.32 Å². The molecule has 4 rings (SSSR count). The molecule has 1 saturated heterocycles. The summed E-state index contributed by atoms with van der Waals surface area (Å²) in [7, 11) is 0. The Morgan fingerprint density at radius 3 is 2.54 bits per heavy atom. The highest BCUT2D eigenvalue weighted by Gasteiger charge is 2.19. The number of aromatic nitrogens is 1. The van der Waals surface area contributed by atoms with Gasteiger partial charge in [0.1, 0.15) is 0 Å². The van der Waals surface area contributed by atoms with Crippen LogP contribution in [-0.2, 0) is 11.3 Å². The molecule has 1 aliphatic heterocycles. The molecule has 0 unspecified atom stereocenters. The topological polar surface area (TPSA) is 54.5 Å². The second kappa shape index (κ2) is 8.84. The molecule has 0 radical (unpaired) electrons. The molecule has 5 nitrogen and oxygen atoms in total. The van der Waals surface area contributed by atoms with E-state index in [0.29, 0.717) is 15.7 Å². The molecule has 2 heterocycles. The monoisotopic (exact) mass is 413 g/mol. The molecule has 1 aliphatic rings. The normalized spacial score (nSPS) is 14.8. The van der Waals surface area contributed by atoms with E-state index in [2.05, 4.69) is 10.2 Å². The molecule has 0 bridgehead atoms. The van der Waals surface area contributed by atoms with Crippen LogP contribution in [0.1, 0.15) is 15.2 Å². The lowest BCUT2D eigenvalue weighted by atomic mass is 10.1. The number of halogens is 1. The Morgan fingerprint density at radius 1 is 1.11 bits per heavy atom. The zero-order valence-electron chi connectivity index (χ0n) is 15.2. The smallest absolute Gasteiger partial charge is 0.257 e. The van der Waals surface area contributed by atoms with Crippen LogP contribution in [0.15, 0.2) is 54.6 Å². The quantitative estimate of drug-likeness (QED) is 0.666. The van der Waals surface area contributed by atoms with Crippen LogP contribution in [0.2, 0.25) is 5.02 Å². The average Bonchev–Trinajstić information content (AvgIpc) is 3.12. The standard InChI is InChI=1S/C21H20ClN3O2S/c22-17-8-6-16(7-9-17)20(26)24-21-23-19(15-4-2-1-3-5-15)18(28-21)14-25-10-12-27-13-11-25/h1-9H,10-14H2,(H,23,24,26). The highest BCUT2D eigenvalue weighted by atomic mass is 35.5. The summed E-state index contributed by atoms with van der Waals surface area (Å²) in [5.41, 5.74) is 2.52. The Hall–Kier alpha value is -2.25. The van der Waals surface area contributed by atoms with Gasteiger partial charge in [0.15, 0.2) is 5.13 Å². The van der Waals surface area contributed by atoms with Gasteiger partial charge in [-0.3, -0.25) is 15.0 Å². The zero-order chi connectivity index (χ0) is 19.3. The fraction of sp³-hybridized carbons (Fsp3) is 0.238. The molecular formula is C21H20ClN3O2S. The highest BCUT2D eigenvalue weighted by molar-refractivity contribution is 7.16. The third-order valence-corrected chi connectivity index (χ3v) is 5.75. The van der Waals surface area contributed by atoms with Crippen molar-refractivity contribution in [3.05, 3.63) is 70.1 Å². The van der Waals surface area contributed by atoms with Gasteiger partial charge in [0.05, 0.1) is 18.9 Å². The van der Waals surface area contributed by atoms with Gasteiger partial charge < -0.3 is 4.74 Å². The van der Waals surface area contributed by atoms with Crippen molar-refractivity contribution < 1.29 is 9.53 Å². The van der Waals surface area contributed by atoms with E-state index in [1.54, 1.807) is 24.3 Å². The third-order valence-electron chi connectivity index (χ3n) is 4.54. The number of rotatable bonds is 5. The Labute approximate surface area is 172 Å². The van der Waals surface area contributed by atoms with Gasteiger partial charge in [0.2, 0.25) is 0 Å². The maximum absolute atomic E-state index is 12.6. The summed E-state index contributed by atoms with van der Waals surface area (Å²) in [6.45, 7) is 4.10. The number of anilines is 1. The molecule has 1 N–H and O–H groups in total. The summed E-state index contributed by atoms with van der Waals surface area (Å²) in [6.07, 6.45) is 0. The number of carbonyl (C=O) groups excluding carboxylic acids is 1. The van der Waals surface area contributed by atoms with E-state index in [0.717, 1.165) is 49.0 Å².